The maximum Gasteiger partial charge on any atom is 0.0398 e. The van der Waals surface area contributed by atoms with E-state index in [0.717, 1.165) is 0 Å². The van der Waals surface area contributed by atoms with Crippen molar-refractivity contribution in [3.8, 4) is 0 Å². The molecule has 1 aromatic rings. The summed E-state index contributed by atoms with van der Waals surface area (Å²) < 4.78 is 0. The number of benzene rings is 1. The van der Waals surface area contributed by atoms with Crippen molar-refractivity contribution in [3.05, 3.63) is 28.8 Å². The molecule has 0 saturated carbocycles. The van der Waals surface area contributed by atoms with Gasteiger partial charge >= 0.3 is 0 Å². The summed E-state index contributed by atoms with van der Waals surface area (Å²) in [6.45, 7) is 13.2. The topological polar surface area (TPSA) is 9.72 Å². The molecule has 0 aromatic heterocycles. The lowest BCUT2D eigenvalue weighted by Gasteiger charge is -2.32. The third-order valence-corrected chi connectivity index (χ3v) is 5.62. The summed E-state index contributed by atoms with van der Waals surface area (Å²) in [6.07, 6.45) is 5.21. The summed E-state index contributed by atoms with van der Waals surface area (Å²) in [5.74, 6) is 0. The van der Waals surface area contributed by atoms with Crippen LogP contribution in [0.5, 0.6) is 0 Å². The maximum atomic E-state index is 2.63. The van der Waals surface area contributed by atoms with E-state index in [2.05, 4.69) is 47.7 Å². The van der Waals surface area contributed by atoms with Crippen molar-refractivity contribution in [2.45, 2.75) is 39.5 Å². The fraction of sp³-hybridized carbons (Fsp3) is 0.700. The molecular weight excluding hydrogens is 282 g/mol. The molecule has 128 valence electrons. The summed E-state index contributed by atoms with van der Waals surface area (Å²) in [7, 11) is 2.23. The van der Waals surface area contributed by atoms with Crippen LogP contribution in [0.1, 0.15) is 36.0 Å². The summed E-state index contributed by atoms with van der Waals surface area (Å²) >= 11 is 0. The molecule has 2 heterocycles. The van der Waals surface area contributed by atoms with E-state index in [-0.39, 0.29) is 0 Å². The molecule has 23 heavy (non-hydrogen) atoms. The number of likely N-dealkylation sites (N-methyl/N-ethyl adjacent to an activating group) is 1. The van der Waals surface area contributed by atoms with Gasteiger partial charge in [-0.1, -0.05) is 6.07 Å². The highest BCUT2D eigenvalue weighted by Gasteiger charge is 2.16. The number of aryl methyl sites for hydroxylation is 3. The molecule has 0 unspecified atom stereocenters. The smallest absolute Gasteiger partial charge is 0.0398 e. The molecule has 0 bridgehead atoms. The SMILES string of the molecule is Cc1cc(N2CCCC2)c(C)cc1CCCN1CCN(C)CC1. The van der Waals surface area contributed by atoms with Crippen molar-refractivity contribution < 1.29 is 0 Å². The minimum absolute atomic E-state index is 1.22. The highest BCUT2D eigenvalue weighted by molar-refractivity contribution is 5.57. The van der Waals surface area contributed by atoms with Crippen LogP contribution < -0.4 is 4.90 Å². The Morgan fingerprint density at radius 3 is 2.26 bits per heavy atom. The van der Waals surface area contributed by atoms with Crippen molar-refractivity contribution in [2.24, 2.45) is 0 Å². The molecule has 0 amide bonds. The second-order valence-electron chi connectivity index (χ2n) is 7.51. The lowest BCUT2D eigenvalue weighted by Crippen LogP contribution is -2.44. The fourth-order valence-electron chi connectivity index (χ4n) is 3.99. The second-order valence-corrected chi connectivity index (χ2v) is 7.51. The number of nitrogens with zero attached hydrogens (tertiary/aromatic N) is 3. The molecule has 0 N–H and O–H groups in total. The van der Waals surface area contributed by atoms with Crippen molar-refractivity contribution in [1.82, 2.24) is 9.80 Å². The predicted molar refractivity (Wildman–Crippen MR) is 99.6 cm³/mol. The lowest BCUT2D eigenvalue weighted by molar-refractivity contribution is 0.153. The highest BCUT2D eigenvalue weighted by Crippen LogP contribution is 2.28. The number of hydrogen-bond donors (Lipinski definition) is 0. The van der Waals surface area contributed by atoms with E-state index in [1.165, 1.54) is 88.3 Å². The van der Waals surface area contributed by atoms with Crippen LogP contribution in [0.25, 0.3) is 0 Å². The molecule has 0 atom stereocenters. The highest BCUT2D eigenvalue weighted by atomic mass is 15.2. The molecule has 2 aliphatic heterocycles. The average Bonchev–Trinajstić information content (AvgIpc) is 3.06. The summed E-state index contributed by atoms with van der Waals surface area (Å²) in [5, 5.41) is 0. The Bertz CT molecular complexity index is 512. The van der Waals surface area contributed by atoms with E-state index < -0.39 is 0 Å². The molecule has 2 saturated heterocycles. The number of anilines is 1. The first-order valence-corrected chi connectivity index (χ1v) is 9.39. The van der Waals surface area contributed by atoms with Crippen LogP contribution in [0.4, 0.5) is 5.69 Å². The molecule has 0 radical (unpaired) electrons. The van der Waals surface area contributed by atoms with Crippen LogP contribution in [0.2, 0.25) is 0 Å². The first-order valence-electron chi connectivity index (χ1n) is 9.39. The van der Waals surface area contributed by atoms with Gasteiger partial charge in [0.05, 0.1) is 0 Å². The monoisotopic (exact) mass is 315 g/mol. The first kappa shape index (κ1) is 16.8. The molecule has 3 nitrogen and oxygen atoms in total. The zero-order valence-electron chi connectivity index (χ0n) is 15.3. The molecule has 0 aliphatic carbocycles. The Labute approximate surface area is 142 Å². The van der Waals surface area contributed by atoms with Gasteiger partial charge in [0, 0.05) is 45.0 Å². The minimum atomic E-state index is 1.22. The Balaban J connectivity index is 1.54. The van der Waals surface area contributed by atoms with E-state index in [1.54, 1.807) is 5.56 Å². The Morgan fingerprint density at radius 2 is 1.57 bits per heavy atom. The van der Waals surface area contributed by atoms with Crippen LogP contribution in [-0.4, -0.2) is 62.7 Å². The molecule has 0 spiro atoms. The zero-order chi connectivity index (χ0) is 16.2. The van der Waals surface area contributed by atoms with E-state index in [0.29, 0.717) is 0 Å². The van der Waals surface area contributed by atoms with Crippen molar-refractivity contribution in [1.29, 1.82) is 0 Å². The van der Waals surface area contributed by atoms with Gasteiger partial charge in [0.15, 0.2) is 0 Å². The fourth-order valence-corrected chi connectivity index (χ4v) is 3.99. The first-order chi connectivity index (χ1) is 11.1. The Hall–Kier alpha value is -1.06. The minimum Gasteiger partial charge on any atom is -0.371 e. The second kappa shape index (κ2) is 7.67. The van der Waals surface area contributed by atoms with Crippen molar-refractivity contribution in [2.75, 3.05) is 57.8 Å². The van der Waals surface area contributed by atoms with E-state index in [9.17, 15) is 0 Å². The summed E-state index contributed by atoms with van der Waals surface area (Å²) in [4.78, 5) is 7.62. The average molecular weight is 316 g/mol. The largest absolute Gasteiger partial charge is 0.371 e. The third-order valence-electron chi connectivity index (χ3n) is 5.62. The van der Waals surface area contributed by atoms with Crippen LogP contribution >= 0.6 is 0 Å². The van der Waals surface area contributed by atoms with Crippen LogP contribution in [0.15, 0.2) is 12.1 Å². The number of rotatable bonds is 5. The van der Waals surface area contributed by atoms with E-state index in [4.69, 9.17) is 0 Å². The van der Waals surface area contributed by atoms with Gasteiger partial charge in [-0.2, -0.15) is 0 Å². The number of hydrogen-bond acceptors (Lipinski definition) is 3. The molecule has 3 heteroatoms. The van der Waals surface area contributed by atoms with Crippen molar-refractivity contribution >= 4 is 5.69 Å². The lowest BCUT2D eigenvalue weighted by atomic mass is 9.99. The standard InChI is InChI=1S/C20H33N3/c1-17-16-20(23-9-4-5-10-23)18(2)15-19(17)7-6-8-22-13-11-21(3)12-14-22/h15-16H,4-14H2,1-3H3. The van der Waals surface area contributed by atoms with Gasteiger partial charge in [0.2, 0.25) is 0 Å². The molecule has 1 aromatic carbocycles. The molecule has 3 rings (SSSR count). The van der Waals surface area contributed by atoms with Gasteiger partial charge in [-0.3, -0.25) is 0 Å². The van der Waals surface area contributed by atoms with Crippen LogP contribution in [0.3, 0.4) is 0 Å². The predicted octanol–water partition coefficient (Wildman–Crippen LogP) is 3.08. The quantitative estimate of drug-likeness (QED) is 0.827. The van der Waals surface area contributed by atoms with Crippen molar-refractivity contribution in [3.63, 3.8) is 0 Å². The maximum absolute atomic E-state index is 2.63. The summed E-state index contributed by atoms with van der Waals surface area (Å²) in [5.41, 5.74) is 5.98. The normalized spacial score (nSPS) is 20.4. The Morgan fingerprint density at radius 1 is 0.870 bits per heavy atom. The van der Waals surface area contributed by atoms with E-state index >= 15 is 0 Å². The molecular formula is C20H33N3. The van der Waals surface area contributed by atoms with Gasteiger partial charge in [-0.15, -0.1) is 0 Å². The van der Waals surface area contributed by atoms with Gasteiger partial charge in [-0.25, -0.2) is 0 Å². The third kappa shape index (κ3) is 4.27. The summed E-state index contributed by atoms with van der Waals surface area (Å²) in [6, 6.07) is 4.89. The Kier molecular flexibility index (Phi) is 5.60. The van der Waals surface area contributed by atoms with E-state index in [1.807, 2.05) is 0 Å². The zero-order valence-corrected chi connectivity index (χ0v) is 15.3. The van der Waals surface area contributed by atoms with Gasteiger partial charge in [0.25, 0.3) is 0 Å². The van der Waals surface area contributed by atoms with Gasteiger partial charge in [-0.05, 0) is 75.9 Å². The number of piperazine rings is 1. The van der Waals surface area contributed by atoms with Crippen LogP contribution in [0, 0.1) is 13.8 Å². The van der Waals surface area contributed by atoms with Gasteiger partial charge in [0.1, 0.15) is 0 Å². The van der Waals surface area contributed by atoms with Gasteiger partial charge < -0.3 is 14.7 Å². The molecule has 2 fully saturated rings. The molecule has 2 aliphatic rings. The van der Waals surface area contributed by atoms with Crippen LogP contribution in [-0.2, 0) is 6.42 Å².